The van der Waals surface area contributed by atoms with E-state index < -0.39 is 5.54 Å². The molecule has 2 heterocycles. The van der Waals surface area contributed by atoms with E-state index >= 15 is 0 Å². The van der Waals surface area contributed by atoms with Crippen molar-refractivity contribution in [3.05, 3.63) is 34.9 Å². The molecule has 5 nitrogen and oxygen atoms in total. The van der Waals surface area contributed by atoms with Gasteiger partial charge in [0.05, 0.1) is 0 Å². The van der Waals surface area contributed by atoms with Crippen molar-refractivity contribution in [1.82, 2.24) is 9.80 Å². The highest BCUT2D eigenvalue weighted by Gasteiger charge is 2.45. The average molecular weight is 343 g/mol. The van der Waals surface area contributed by atoms with Gasteiger partial charge < -0.3 is 10.6 Å². The van der Waals surface area contributed by atoms with Crippen LogP contribution in [0.15, 0.2) is 18.2 Å². The molecule has 0 atom stereocenters. The summed E-state index contributed by atoms with van der Waals surface area (Å²) in [6.45, 7) is 7.12. The zero-order valence-corrected chi connectivity index (χ0v) is 15.4. The molecule has 0 radical (unpaired) electrons. The van der Waals surface area contributed by atoms with Crippen molar-refractivity contribution in [3.63, 3.8) is 0 Å². The molecule has 0 saturated carbocycles. The van der Waals surface area contributed by atoms with Crippen LogP contribution < -0.4 is 5.73 Å². The molecule has 2 aliphatic heterocycles. The SMILES string of the molecule is Cc1ccc(C(=O)N2CCC(C(N)=O)(N3CCCCC3)CC2)cc1C. The number of nitrogens with zero attached hydrogens (tertiary/aromatic N) is 2. The number of likely N-dealkylation sites (tertiary alicyclic amines) is 2. The quantitative estimate of drug-likeness (QED) is 0.915. The summed E-state index contributed by atoms with van der Waals surface area (Å²) in [5, 5.41) is 0. The maximum absolute atomic E-state index is 12.8. The first kappa shape index (κ1) is 17.9. The number of carbonyl (C=O) groups is 2. The number of benzene rings is 1. The van der Waals surface area contributed by atoms with Crippen LogP contribution in [0.5, 0.6) is 0 Å². The lowest BCUT2D eigenvalue weighted by molar-refractivity contribution is -0.134. The molecular formula is C20H29N3O2. The van der Waals surface area contributed by atoms with Crippen molar-refractivity contribution in [3.8, 4) is 0 Å². The predicted octanol–water partition coefficient (Wildman–Crippen LogP) is 2.25. The van der Waals surface area contributed by atoms with Gasteiger partial charge in [0.15, 0.2) is 0 Å². The van der Waals surface area contributed by atoms with Crippen molar-refractivity contribution in [2.45, 2.75) is 51.5 Å². The van der Waals surface area contributed by atoms with Gasteiger partial charge in [0.2, 0.25) is 5.91 Å². The third-order valence-corrected chi connectivity index (χ3v) is 6.05. The first-order valence-electron chi connectivity index (χ1n) is 9.35. The lowest BCUT2D eigenvalue weighted by Crippen LogP contribution is -2.63. The summed E-state index contributed by atoms with van der Waals surface area (Å²) in [6.07, 6.45) is 4.75. The number of rotatable bonds is 3. The second-order valence-corrected chi connectivity index (χ2v) is 7.53. The fraction of sp³-hybridized carbons (Fsp3) is 0.600. The number of primary amides is 1. The van der Waals surface area contributed by atoms with Gasteiger partial charge in [-0.15, -0.1) is 0 Å². The fourth-order valence-corrected chi connectivity index (χ4v) is 4.18. The molecule has 2 N–H and O–H groups in total. The number of aryl methyl sites for hydroxylation is 2. The van der Waals surface area contributed by atoms with Gasteiger partial charge in [0.1, 0.15) is 5.54 Å². The van der Waals surface area contributed by atoms with Crippen LogP contribution in [-0.2, 0) is 4.79 Å². The van der Waals surface area contributed by atoms with Gasteiger partial charge in [-0.25, -0.2) is 0 Å². The Hall–Kier alpha value is -1.88. The van der Waals surface area contributed by atoms with Gasteiger partial charge in [0.25, 0.3) is 5.91 Å². The molecule has 2 fully saturated rings. The smallest absolute Gasteiger partial charge is 0.253 e. The second kappa shape index (κ2) is 7.16. The maximum Gasteiger partial charge on any atom is 0.253 e. The Bertz CT molecular complexity index is 657. The Morgan fingerprint density at radius 1 is 0.960 bits per heavy atom. The molecule has 0 spiro atoms. The Kier molecular flexibility index (Phi) is 5.13. The van der Waals surface area contributed by atoms with Crippen molar-refractivity contribution in [2.24, 2.45) is 5.73 Å². The number of carbonyl (C=O) groups excluding carboxylic acids is 2. The summed E-state index contributed by atoms with van der Waals surface area (Å²) in [7, 11) is 0. The first-order chi connectivity index (χ1) is 11.9. The molecule has 0 unspecified atom stereocenters. The van der Waals surface area contributed by atoms with E-state index in [1.165, 1.54) is 12.0 Å². The highest BCUT2D eigenvalue weighted by Crippen LogP contribution is 2.32. The third-order valence-electron chi connectivity index (χ3n) is 6.05. The zero-order valence-electron chi connectivity index (χ0n) is 15.4. The van der Waals surface area contributed by atoms with E-state index in [1.54, 1.807) is 0 Å². The minimum atomic E-state index is -0.569. The first-order valence-corrected chi connectivity index (χ1v) is 9.35. The van der Waals surface area contributed by atoms with Crippen LogP contribution in [0.3, 0.4) is 0 Å². The Morgan fingerprint density at radius 3 is 2.16 bits per heavy atom. The summed E-state index contributed by atoms with van der Waals surface area (Å²) >= 11 is 0. The van der Waals surface area contributed by atoms with Crippen LogP contribution in [0.2, 0.25) is 0 Å². The molecular weight excluding hydrogens is 314 g/mol. The zero-order chi connectivity index (χ0) is 18.0. The van der Waals surface area contributed by atoms with Crippen molar-refractivity contribution < 1.29 is 9.59 Å². The van der Waals surface area contributed by atoms with E-state index in [4.69, 9.17) is 5.73 Å². The predicted molar refractivity (Wildman–Crippen MR) is 98.4 cm³/mol. The number of hydrogen-bond acceptors (Lipinski definition) is 3. The molecule has 0 bridgehead atoms. The average Bonchev–Trinajstić information content (AvgIpc) is 2.64. The largest absolute Gasteiger partial charge is 0.368 e. The molecule has 0 aliphatic carbocycles. The Labute approximate surface area is 150 Å². The monoisotopic (exact) mass is 343 g/mol. The minimum absolute atomic E-state index is 0.0554. The molecule has 2 saturated heterocycles. The molecule has 1 aromatic carbocycles. The van der Waals surface area contributed by atoms with E-state index in [1.807, 2.05) is 36.9 Å². The Morgan fingerprint density at radius 2 is 1.60 bits per heavy atom. The molecule has 1 aromatic rings. The van der Waals surface area contributed by atoms with Gasteiger partial charge >= 0.3 is 0 Å². The van der Waals surface area contributed by atoms with Crippen LogP contribution in [0.25, 0.3) is 0 Å². The number of amides is 2. The summed E-state index contributed by atoms with van der Waals surface area (Å²) in [5.74, 6) is -0.174. The molecule has 136 valence electrons. The molecule has 25 heavy (non-hydrogen) atoms. The number of hydrogen-bond donors (Lipinski definition) is 1. The summed E-state index contributed by atoms with van der Waals surface area (Å²) in [5.41, 5.74) is 8.29. The van der Waals surface area contributed by atoms with Gasteiger partial charge in [-0.1, -0.05) is 12.5 Å². The van der Waals surface area contributed by atoms with Gasteiger partial charge in [-0.3, -0.25) is 14.5 Å². The van der Waals surface area contributed by atoms with Gasteiger partial charge in [0, 0.05) is 18.7 Å². The van der Waals surface area contributed by atoms with Crippen LogP contribution in [0.4, 0.5) is 0 Å². The van der Waals surface area contributed by atoms with Crippen LogP contribution in [0.1, 0.15) is 53.6 Å². The van der Waals surface area contributed by atoms with Crippen LogP contribution in [-0.4, -0.2) is 53.3 Å². The highest BCUT2D eigenvalue weighted by atomic mass is 16.2. The molecule has 0 aromatic heterocycles. The molecule has 5 heteroatoms. The van der Waals surface area contributed by atoms with Crippen LogP contribution in [0, 0.1) is 13.8 Å². The minimum Gasteiger partial charge on any atom is -0.368 e. The van der Waals surface area contributed by atoms with Crippen molar-refractivity contribution in [1.29, 1.82) is 0 Å². The number of piperidine rings is 2. The maximum atomic E-state index is 12.8. The molecule has 2 aliphatic rings. The number of nitrogens with two attached hydrogens (primary N) is 1. The summed E-state index contributed by atoms with van der Waals surface area (Å²) in [4.78, 5) is 29.2. The summed E-state index contributed by atoms with van der Waals surface area (Å²) in [6, 6.07) is 5.84. The molecule has 3 rings (SSSR count). The van der Waals surface area contributed by atoms with Crippen molar-refractivity contribution >= 4 is 11.8 Å². The van der Waals surface area contributed by atoms with Gasteiger partial charge in [-0.05, 0) is 75.9 Å². The van der Waals surface area contributed by atoms with E-state index in [0.717, 1.165) is 37.1 Å². The normalized spacial score (nSPS) is 21.1. The fourth-order valence-electron chi connectivity index (χ4n) is 4.18. The van der Waals surface area contributed by atoms with Crippen LogP contribution >= 0.6 is 0 Å². The standard InChI is InChI=1S/C20H29N3O2/c1-15-6-7-17(14-16(15)2)18(24)22-12-8-20(9-13-22,19(21)25)23-10-4-3-5-11-23/h6-7,14H,3-5,8-13H2,1-2H3,(H2,21,25). The van der Waals surface area contributed by atoms with E-state index in [-0.39, 0.29) is 11.8 Å². The highest BCUT2D eigenvalue weighted by molar-refractivity contribution is 5.95. The van der Waals surface area contributed by atoms with Crippen molar-refractivity contribution in [2.75, 3.05) is 26.2 Å². The Balaban J connectivity index is 1.71. The van der Waals surface area contributed by atoms with E-state index in [0.29, 0.717) is 25.9 Å². The van der Waals surface area contributed by atoms with E-state index in [9.17, 15) is 9.59 Å². The second-order valence-electron chi connectivity index (χ2n) is 7.53. The lowest BCUT2D eigenvalue weighted by Gasteiger charge is -2.48. The topological polar surface area (TPSA) is 66.6 Å². The van der Waals surface area contributed by atoms with E-state index in [2.05, 4.69) is 4.90 Å². The third kappa shape index (κ3) is 3.43. The molecule has 2 amide bonds. The van der Waals surface area contributed by atoms with Gasteiger partial charge in [-0.2, -0.15) is 0 Å². The lowest BCUT2D eigenvalue weighted by atomic mass is 9.83. The summed E-state index contributed by atoms with van der Waals surface area (Å²) < 4.78 is 0.